The average molecular weight is 440 g/mol. The van der Waals surface area contributed by atoms with Crippen LogP contribution in [0.5, 0.6) is 5.75 Å². The Kier molecular flexibility index (Phi) is 5.18. The Labute approximate surface area is 176 Å². The molecule has 3 atom stereocenters. The molecule has 1 aromatic rings. The van der Waals surface area contributed by atoms with Crippen molar-refractivity contribution in [2.75, 3.05) is 44.1 Å². The number of aromatic nitrogens is 2. The summed E-state index contributed by atoms with van der Waals surface area (Å²) in [5.41, 5.74) is 6.16. The first kappa shape index (κ1) is 21.3. The first-order valence-corrected chi connectivity index (χ1v) is 12.1. The van der Waals surface area contributed by atoms with E-state index in [9.17, 15) is 13.2 Å². The number of hydrogen-bond donors (Lipinski definition) is 1. The molecule has 2 unspecified atom stereocenters. The number of sulfone groups is 1. The van der Waals surface area contributed by atoms with Gasteiger partial charge in [-0.2, -0.15) is 0 Å². The standard InChI is InChI=1S/C19H29N5O5S/c1-11-8-28-9-13-10-29-14-15(19(2,3)30(4,26)27)21-16(22-17(14)24(11)13)18(25)23-6-5-12(20)7-23/h11-13H,5-10,20H2,1-4H3/t11?,12-,13?/m1/s1. The lowest BCUT2D eigenvalue weighted by Gasteiger charge is -2.45. The number of nitrogens with zero attached hydrogens (tertiary/aromatic N) is 4. The molecule has 2 N–H and O–H groups in total. The van der Waals surface area contributed by atoms with Crippen molar-refractivity contribution in [3.8, 4) is 5.75 Å². The summed E-state index contributed by atoms with van der Waals surface area (Å²) in [6, 6.07) is -0.141. The Morgan fingerprint density at radius 2 is 1.97 bits per heavy atom. The number of morpholine rings is 1. The number of carbonyl (C=O) groups is 1. The van der Waals surface area contributed by atoms with Gasteiger partial charge in [-0.05, 0) is 27.2 Å². The molecule has 2 fully saturated rings. The van der Waals surface area contributed by atoms with Crippen LogP contribution in [-0.4, -0.2) is 86.5 Å². The van der Waals surface area contributed by atoms with E-state index >= 15 is 0 Å². The van der Waals surface area contributed by atoms with Gasteiger partial charge in [-0.3, -0.25) is 4.79 Å². The molecule has 10 nitrogen and oxygen atoms in total. The number of nitrogens with two attached hydrogens (primary N) is 1. The molecule has 4 rings (SSSR count). The average Bonchev–Trinajstić information content (AvgIpc) is 3.11. The summed E-state index contributed by atoms with van der Waals surface area (Å²) in [7, 11) is -3.56. The fourth-order valence-corrected chi connectivity index (χ4v) is 4.61. The van der Waals surface area contributed by atoms with Crippen LogP contribution in [0.2, 0.25) is 0 Å². The lowest BCUT2D eigenvalue weighted by molar-refractivity contribution is 0.0480. The molecule has 166 valence electrons. The molecule has 1 aromatic heterocycles. The molecule has 0 saturated carbocycles. The third-order valence-corrected chi connectivity index (χ3v) is 8.30. The van der Waals surface area contributed by atoms with E-state index < -0.39 is 14.6 Å². The van der Waals surface area contributed by atoms with Gasteiger partial charge in [-0.15, -0.1) is 0 Å². The van der Waals surface area contributed by atoms with Gasteiger partial charge in [0.25, 0.3) is 5.91 Å². The van der Waals surface area contributed by atoms with Gasteiger partial charge in [-0.25, -0.2) is 18.4 Å². The van der Waals surface area contributed by atoms with E-state index in [2.05, 4.69) is 14.9 Å². The minimum atomic E-state index is -3.56. The third kappa shape index (κ3) is 3.42. The zero-order chi connectivity index (χ0) is 21.8. The molecule has 0 aliphatic carbocycles. The van der Waals surface area contributed by atoms with Crippen LogP contribution in [0, 0.1) is 0 Å². The van der Waals surface area contributed by atoms with Crippen molar-refractivity contribution < 1.29 is 22.7 Å². The van der Waals surface area contributed by atoms with Crippen LogP contribution in [0.3, 0.4) is 0 Å². The van der Waals surface area contributed by atoms with Crippen molar-refractivity contribution in [3.05, 3.63) is 11.5 Å². The maximum absolute atomic E-state index is 13.2. The van der Waals surface area contributed by atoms with E-state index in [4.69, 9.17) is 15.2 Å². The second-order valence-electron chi connectivity index (χ2n) is 8.89. The summed E-state index contributed by atoms with van der Waals surface area (Å²) in [5, 5.41) is 0. The van der Waals surface area contributed by atoms with Gasteiger partial charge in [0.2, 0.25) is 5.82 Å². The highest BCUT2D eigenvalue weighted by atomic mass is 32.2. The lowest BCUT2D eigenvalue weighted by Crippen LogP contribution is -2.56. The minimum absolute atomic E-state index is 0.00124. The molecule has 0 aromatic carbocycles. The van der Waals surface area contributed by atoms with E-state index in [1.165, 1.54) is 0 Å². The number of likely N-dealkylation sites (tertiary alicyclic amines) is 1. The Morgan fingerprint density at radius 1 is 1.23 bits per heavy atom. The van der Waals surface area contributed by atoms with Gasteiger partial charge in [-0.1, -0.05) is 0 Å². The number of hydrogen-bond acceptors (Lipinski definition) is 9. The van der Waals surface area contributed by atoms with Gasteiger partial charge in [0.05, 0.1) is 25.3 Å². The predicted molar refractivity (Wildman–Crippen MR) is 110 cm³/mol. The summed E-state index contributed by atoms with van der Waals surface area (Å²) >= 11 is 0. The Bertz CT molecular complexity index is 966. The Morgan fingerprint density at radius 3 is 2.60 bits per heavy atom. The topological polar surface area (TPSA) is 128 Å². The van der Waals surface area contributed by atoms with Crippen molar-refractivity contribution in [3.63, 3.8) is 0 Å². The highest BCUT2D eigenvalue weighted by molar-refractivity contribution is 7.91. The molecular formula is C19H29N5O5S. The van der Waals surface area contributed by atoms with Crippen molar-refractivity contribution in [1.82, 2.24) is 14.9 Å². The second kappa shape index (κ2) is 7.31. The maximum Gasteiger partial charge on any atom is 0.291 e. The number of anilines is 1. The smallest absolute Gasteiger partial charge is 0.291 e. The molecule has 1 amide bonds. The van der Waals surface area contributed by atoms with Crippen LogP contribution in [0.25, 0.3) is 0 Å². The Hall–Kier alpha value is -1.98. The zero-order valence-electron chi connectivity index (χ0n) is 17.8. The molecule has 0 radical (unpaired) electrons. The molecule has 4 heterocycles. The molecular weight excluding hydrogens is 410 g/mol. The number of carbonyl (C=O) groups excluding carboxylic acids is 1. The third-order valence-electron chi connectivity index (χ3n) is 6.25. The number of fused-ring (bicyclic) bond motifs is 3. The number of amides is 1. The van der Waals surface area contributed by atoms with Crippen molar-refractivity contribution in [2.45, 2.75) is 50.1 Å². The van der Waals surface area contributed by atoms with Crippen LogP contribution in [-0.2, 0) is 19.3 Å². The van der Waals surface area contributed by atoms with Gasteiger partial charge in [0.15, 0.2) is 21.4 Å². The largest absolute Gasteiger partial charge is 0.486 e. The highest BCUT2D eigenvalue weighted by Crippen LogP contribution is 2.43. The van der Waals surface area contributed by atoms with E-state index in [0.717, 1.165) is 6.26 Å². The first-order valence-electron chi connectivity index (χ1n) is 10.2. The van der Waals surface area contributed by atoms with Crippen molar-refractivity contribution >= 4 is 21.6 Å². The molecule has 3 aliphatic heterocycles. The van der Waals surface area contributed by atoms with Crippen LogP contribution >= 0.6 is 0 Å². The Balaban J connectivity index is 1.88. The van der Waals surface area contributed by atoms with Crippen molar-refractivity contribution in [1.29, 1.82) is 0 Å². The molecule has 2 saturated heterocycles. The molecule has 11 heteroatoms. The quantitative estimate of drug-likeness (QED) is 0.687. The first-order chi connectivity index (χ1) is 14.0. The maximum atomic E-state index is 13.2. The highest BCUT2D eigenvalue weighted by Gasteiger charge is 2.44. The van der Waals surface area contributed by atoms with Crippen LogP contribution < -0.4 is 15.4 Å². The van der Waals surface area contributed by atoms with E-state index in [0.29, 0.717) is 50.9 Å². The fourth-order valence-electron chi connectivity index (χ4n) is 4.12. The predicted octanol–water partition coefficient (Wildman–Crippen LogP) is -0.0844. The van der Waals surface area contributed by atoms with Crippen LogP contribution in [0.4, 0.5) is 5.82 Å². The lowest BCUT2D eigenvalue weighted by atomic mass is 10.0. The van der Waals surface area contributed by atoms with Crippen molar-refractivity contribution in [2.24, 2.45) is 5.73 Å². The van der Waals surface area contributed by atoms with E-state index in [1.54, 1.807) is 18.7 Å². The summed E-state index contributed by atoms with van der Waals surface area (Å²) in [6.45, 7) is 7.42. The monoisotopic (exact) mass is 439 g/mol. The second-order valence-corrected chi connectivity index (χ2v) is 11.5. The summed E-state index contributed by atoms with van der Waals surface area (Å²) in [5.74, 6) is 0.401. The summed E-state index contributed by atoms with van der Waals surface area (Å²) in [4.78, 5) is 25.9. The summed E-state index contributed by atoms with van der Waals surface area (Å²) in [6.07, 6.45) is 1.87. The SMILES string of the molecule is CC1COCC2COc3c(nc(C(=O)N4CC[C@@H](N)C4)nc3C(C)(C)S(C)(=O)=O)N12. The van der Waals surface area contributed by atoms with Gasteiger partial charge >= 0.3 is 0 Å². The number of rotatable bonds is 3. The van der Waals surface area contributed by atoms with Crippen LogP contribution in [0.1, 0.15) is 43.5 Å². The molecule has 0 bridgehead atoms. The fraction of sp³-hybridized carbons (Fsp3) is 0.737. The van der Waals surface area contributed by atoms with E-state index in [1.807, 2.05) is 6.92 Å². The number of ether oxygens (including phenoxy) is 2. The molecule has 30 heavy (non-hydrogen) atoms. The molecule has 0 spiro atoms. The zero-order valence-corrected chi connectivity index (χ0v) is 18.6. The summed E-state index contributed by atoms with van der Waals surface area (Å²) < 4.78 is 35.5. The van der Waals surface area contributed by atoms with Gasteiger partial charge in [0.1, 0.15) is 17.0 Å². The minimum Gasteiger partial charge on any atom is -0.486 e. The van der Waals surface area contributed by atoms with Gasteiger partial charge < -0.3 is 25.0 Å². The normalized spacial score (nSPS) is 26.8. The van der Waals surface area contributed by atoms with Gasteiger partial charge in [0, 0.05) is 25.4 Å². The van der Waals surface area contributed by atoms with E-state index in [-0.39, 0.29) is 35.6 Å². The van der Waals surface area contributed by atoms with Crippen LogP contribution in [0.15, 0.2) is 0 Å². The molecule has 3 aliphatic rings.